The maximum Gasteiger partial charge on any atom is 0.142 e. The zero-order valence-electron chi connectivity index (χ0n) is 19.8. The van der Waals surface area contributed by atoms with Gasteiger partial charge in [-0.2, -0.15) is 0 Å². The van der Waals surface area contributed by atoms with Crippen LogP contribution in [0.5, 0.6) is 0 Å². The first-order valence-electron chi connectivity index (χ1n) is 13.0. The van der Waals surface area contributed by atoms with Crippen LogP contribution in [-0.4, -0.2) is 17.6 Å². The Balaban J connectivity index is 1.41. The normalized spacial score (nSPS) is 39.8. The zero-order chi connectivity index (χ0) is 22.6. The van der Waals surface area contributed by atoms with E-state index < -0.39 is 0 Å². The van der Waals surface area contributed by atoms with E-state index in [1.807, 2.05) is 0 Å². The Bertz CT molecular complexity index is 1130. The van der Waals surface area contributed by atoms with Crippen molar-refractivity contribution in [3.63, 3.8) is 0 Å². The first-order chi connectivity index (χ1) is 15.9. The van der Waals surface area contributed by atoms with E-state index in [1.54, 1.807) is 0 Å². The first kappa shape index (κ1) is 20.0. The third-order valence-electron chi connectivity index (χ3n) is 10.3. The second-order valence-electron chi connectivity index (χ2n) is 12.0. The van der Waals surface area contributed by atoms with Gasteiger partial charge < -0.3 is 4.90 Å². The molecular formula is C30H33NO2. The molecule has 5 aliphatic rings. The Kier molecular flexibility index (Phi) is 3.99. The van der Waals surface area contributed by atoms with Gasteiger partial charge >= 0.3 is 0 Å². The minimum Gasteiger partial charge on any atom is -0.337 e. The van der Waals surface area contributed by atoms with Crippen molar-refractivity contribution in [3.05, 3.63) is 59.7 Å². The summed E-state index contributed by atoms with van der Waals surface area (Å²) in [5, 5.41) is 0. The van der Waals surface area contributed by atoms with Gasteiger partial charge in [-0.25, -0.2) is 0 Å². The number of Topliss-reactive ketones (excluding diaryl/α,β-unsaturated/α-hetero) is 2. The highest BCUT2D eigenvalue weighted by Gasteiger charge is 2.68. The van der Waals surface area contributed by atoms with E-state index in [2.05, 4.69) is 74.2 Å². The number of benzene rings is 2. The zero-order valence-corrected chi connectivity index (χ0v) is 19.8. The first-order valence-corrected chi connectivity index (χ1v) is 13.0. The lowest BCUT2D eigenvalue weighted by molar-refractivity contribution is -0.133. The lowest BCUT2D eigenvalue weighted by atomic mass is 9.68. The van der Waals surface area contributed by atoms with Gasteiger partial charge in [0.05, 0.1) is 0 Å². The molecule has 4 fully saturated rings. The fourth-order valence-electron chi connectivity index (χ4n) is 9.05. The molecule has 0 bridgehead atoms. The number of nitrogens with zero attached hydrogens (tertiary/aromatic N) is 1. The van der Waals surface area contributed by atoms with Gasteiger partial charge in [-0.05, 0) is 66.7 Å². The Morgan fingerprint density at radius 1 is 0.727 bits per heavy atom. The lowest BCUT2D eigenvalue weighted by Gasteiger charge is -2.49. The molecule has 1 heterocycles. The van der Waals surface area contributed by atoms with E-state index in [4.69, 9.17) is 0 Å². The number of fused-ring (bicyclic) bond motifs is 2. The minimum atomic E-state index is -0.0858. The number of carbonyl (C=O) groups excluding carboxylic acids is 2. The van der Waals surface area contributed by atoms with E-state index >= 15 is 0 Å². The number of ketones is 2. The van der Waals surface area contributed by atoms with Gasteiger partial charge in [-0.1, -0.05) is 57.2 Å². The summed E-state index contributed by atoms with van der Waals surface area (Å²) in [6.45, 7) is 6.89. The number of para-hydroxylation sites is 2. The van der Waals surface area contributed by atoms with Gasteiger partial charge in [0.2, 0.25) is 0 Å². The summed E-state index contributed by atoms with van der Waals surface area (Å²) in [7, 11) is 0. The molecule has 4 aliphatic carbocycles. The van der Waals surface area contributed by atoms with Gasteiger partial charge in [-0.3, -0.25) is 9.59 Å². The molecule has 7 rings (SSSR count). The second-order valence-corrected chi connectivity index (χ2v) is 12.0. The minimum absolute atomic E-state index is 0.0180. The van der Waals surface area contributed by atoms with E-state index in [1.165, 1.54) is 22.5 Å². The van der Waals surface area contributed by atoms with Gasteiger partial charge in [0.1, 0.15) is 11.6 Å². The third kappa shape index (κ3) is 2.36. The number of anilines is 2. The van der Waals surface area contributed by atoms with Crippen LogP contribution < -0.4 is 4.90 Å². The highest BCUT2D eigenvalue weighted by Crippen LogP contribution is 2.64. The van der Waals surface area contributed by atoms with Crippen molar-refractivity contribution >= 4 is 22.9 Å². The molecule has 0 spiro atoms. The fraction of sp³-hybridized carbons (Fsp3) is 0.533. The van der Waals surface area contributed by atoms with Crippen LogP contribution in [0.25, 0.3) is 0 Å². The summed E-state index contributed by atoms with van der Waals surface area (Å²) in [6.07, 6.45) is 3.90. The van der Waals surface area contributed by atoms with Crippen LogP contribution in [-0.2, 0) is 15.0 Å². The van der Waals surface area contributed by atoms with Crippen molar-refractivity contribution < 1.29 is 9.59 Å². The molecule has 0 N–H and O–H groups in total. The Labute approximate surface area is 196 Å². The van der Waals surface area contributed by atoms with Crippen molar-refractivity contribution in [1.82, 2.24) is 0 Å². The van der Waals surface area contributed by atoms with Crippen LogP contribution in [0.3, 0.4) is 0 Å². The van der Waals surface area contributed by atoms with Crippen LogP contribution in [0.1, 0.15) is 57.6 Å². The van der Waals surface area contributed by atoms with Gasteiger partial charge in [0, 0.05) is 46.5 Å². The molecule has 1 aliphatic heterocycles. The number of hydrogen-bond donors (Lipinski definition) is 0. The highest BCUT2D eigenvalue weighted by molar-refractivity contribution is 5.96. The third-order valence-corrected chi connectivity index (χ3v) is 10.3. The number of hydrogen-bond acceptors (Lipinski definition) is 3. The smallest absolute Gasteiger partial charge is 0.142 e. The predicted octanol–water partition coefficient (Wildman–Crippen LogP) is 5.92. The second kappa shape index (κ2) is 6.58. The van der Waals surface area contributed by atoms with Crippen LogP contribution in [0.4, 0.5) is 11.4 Å². The largest absolute Gasteiger partial charge is 0.337 e. The van der Waals surface area contributed by atoms with Crippen molar-refractivity contribution in [1.29, 1.82) is 0 Å². The Hall–Kier alpha value is -2.42. The van der Waals surface area contributed by atoms with E-state index in [0.717, 1.165) is 25.7 Å². The fourth-order valence-corrected chi connectivity index (χ4v) is 9.05. The summed E-state index contributed by atoms with van der Waals surface area (Å²) >= 11 is 0. The molecule has 0 saturated heterocycles. The Morgan fingerprint density at radius 3 is 1.91 bits per heavy atom. The molecular weight excluding hydrogens is 406 g/mol. The molecule has 0 aromatic heterocycles. The van der Waals surface area contributed by atoms with Crippen LogP contribution in [0.15, 0.2) is 48.5 Å². The summed E-state index contributed by atoms with van der Waals surface area (Å²) in [4.78, 5) is 30.0. The SMILES string of the molecule is CC1CCC2C(=O)C3CCC(N4c5ccccc5C(C)(C)c5ccccc54)C4C(=O)C1C2C34. The molecule has 2 aromatic rings. The van der Waals surface area contributed by atoms with E-state index in [9.17, 15) is 9.59 Å². The van der Waals surface area contributed by atoms with Gasteiger partial charge in [0.15, 0.2) is 0 Å². The predicted molar refractivity (Wildman–Crippen MR) is 130 cm³/mol. The van der Waals surface area contributed by atoms with Crippen molar-refractivity contribution in [2.45, 2.75) is 57.9 Å². The number of rotatable bonds is 1. The van der Waals surface area contributed by atoms with E-state index in [0.29, 0.717) is 23.4 Å². The summed E-state index contributed by atoms with van der Waals surface area (Å²) in [5.41, 5.74) is 5.09. The average molecular weight is 440 g/mol. The van der Waals surface area contributed by atoms with Crippen molar-refractivity contribution in [2.24, 2.45) is 41.4 Å². The maximum atomic E-state index is 14.1. The Morgan fingerprint density at radius 2 is 1.27 bits per heavy atom. The highest BCUT2D eigenvalue weighted by atomic mass is 16.1. The topological polar surface area (TPSA) is 37.4 Å². The van der Waals surface area contributed by atoms with Gasteiger partial charge in [0.25, 0.3) is 0 Å². The quantitative estimate of drug-likeness (QED) is 0.554. The molecule has 0 radical (unpaired) electrons. The van der Waals surface area contributed by atoms with Crippen molar-refractivity contribution in [3.8, 4) is 0 Å². The monoisotopic (exact) mass is 439 g/mol. The molecule has 3 heteroatoms. The maximum absolute atomic E-state index is 14.1. The lowest BCUT2D eigenvalue weighted by Crippen LogP contribution is -2.50. The van der Waals surface area contributed by atoms with Crippen molar-refractivity contribution in [2.75, 3.05) is 4.90 Å². The average Bonchev–Trinajstić information content (AvgIpc) is 3.29. The van der Waals surface area contributed by atoms with Gasteiger partial charge in [-0.15, -0.1) is 0 Å². The molecule has 3 nitrogen and oxygen atoms in total. The summed E-state index contributed by atoms with van der Waals surface area (Å²) in [6, 6.07) is 17.7. The van der Waals surface area contributed by atoms with Crippen LogP contribution >= 0.6 is 0 Å². The van der Waals surface area contributed by atoms with Crippen LogP contribution in [0.2, 0.25) is 0 Å². The molecule has 33 heavy (non-hydrogen) atoms. The molecule has 0 amide bonds. The summed E-state index contributed by atoms with van der Waals surface area (Å²) < 4.78 is 0. The molecule has 8 atom stereocenters. The molecule has 2 aromatic carbocycles. The molecule has 170 valence electrons. The van der Waals surface area contributed by atoms with E-state index in [-0.39, 0.29) is 41.0 Å². The van der Waals surface area contributed by atoms with Crippen LogP contribution in [0, 0.1) is 41.4 Å². The number of carbonyl (C=O) groups is 2. The standard InChI is InChI=1S/C30H33NO2/c1-16-12-13-17-25-24(16)29(33)27-23(15-14-18(26(25)27)28(17)32)31-21-10-6-4-8-19(21)30(2,3)20-9-5-7-11-22(20)31/h4-11,16-18,23-27H,12-15H2,1-3H3. The summed E-state index contributed by atoms with van der Waals surface area (Å²) in [5.74, 6) is 2.30. The molecule has 8 unspecified atom stereocenters. The molecule has 4 saturated carbocycles.